The Morgan fingerprint density at radius 2 is 1.97 bits per heavy atom. The van der Waals surface area contributed by atoms with Gasteiger partial charge in [0.2, 0.25) is 0 Å². The van der Waals surface area contributed by atoms with E-state index in [1.807, 2.05) is 0 Å². The number of rotatable bonds is 3. The Morgan fingerprint density at radius 3 is 2.62 bits per heavy atom. The van der Waals surface area contributed by atoms with E-state index in [9.17, 15) is 18.0 Å². The molecule has 148 valence electrons. The molecule has 0 unspecified atom stereocenters. The highest BCUT2D eigenvalue weighted by atomic mass is 32.1. The summed E-state index contributed by atoms with van der Waals surface area (Å²) in [4.78, 5) is 21.8. The van der Waals surface area contributed by atoms with E-state index < -0.39 is 17.6 Å². The quantitative estimate of drug-likeness (QED) is 0.441. The molecule has 0 aliphatic rings. The molecule has 0 saturated heterocycles. The van der Waals surface area contributed by atoms with Gasteiger partial charge in [0.1, 0.15) is 15.5 Å². The average Bonchev–Trinajstić information content (AvgIpc) is 3.29. The zero-order valence-corrected chi connectivity index (χ0v) is 16.5. The number of halogens is 3. The lowest BCUT2D eigenvalue weighted by Crippen LogP contribution is -2.13. The SMILES string of the molecule is Cc1cccc(NC(=O)c2sc3nc(-c4cccs4)cc(C(F)(F)F)c3c2N)n1. The third kappa shape index (κ3) is 3.68. The van der Waals surface area contributed by atoms with Gasteiger partial charge in [0.25, 0.3) is 5.91 Å². The average molecular weight is 434 g/mol. The topological polar surface area (TPSA) is 80.9 Å². The molecule has 0 aliphatic heterocycles. The van der Waals surface area contributed by atoms with Crippen LogP contribution in [0, 0.1) is 6.92 Å². The predicted molar refractivity (Wildman–Crippen MR) is 109 cm³/mol. The van der Waals surface area contributed by atoms with Gasteiger partial charge in [-0.2, -0.15) is 13.2 Å². The maximum absolute atomic E-state index is 13.7. The second kappa shape index (κ2) is 7.12. The van der Waals surface area contributed by atoms with Gasteiger partial charge in [-0.3, -0.25) is 4.79 Å². The maximum Gasteiger partial charge on any atom is 0.417 e. The Kier molecular flexibility index (Phi) is 4.75. The lowest BCUT2D eigenvalue weighted by atomic mass is 10.1. The molecule has 0 saturated carbocycles. The maximum atomic E-state index is 13.7. The number of hydrogen-bond donors (Lipinski definition) is 2. The molecule has 29 heavy (non-hydrogen) atoms. The third-order valence-corrected chi connectivity index (χ3v) is 6.10. The van der Waals surface area contributed by atoms with Crippen molar-refractivity contribution in [3.05, 3.63) is 57.9 Å². The fraction of sp³-hybridized carbons (Fsp3) is 0.105. The molecule has 1 amide bonds. The Morgan fingerprint density at radius 1 is 1.17 bits per heavy atom. The minimum absolute atomic E-state index is 0.0374. The predicted octanol–water partition coefficient (Wildman–Crippen LogP) is 5.58. The molecule has 10 heteroatoms. The second-order valence-corrected chi connectivity index (χ2v) is 8.12. The normalized spacial score (nSPS) is 11.7. The number of hydrogen-bond acceptors (Lipinski definition) is 6. The van der Waals surface area contributed by atoms with Crippen LogP contribution in [0.1, 0.15) is 20.9 Å². The lowest BCUT2D eigenvalue weighted by molar-refractivity contribution is -0.136. The smallest absolute Gasteiger partial charge is 0.397 e. The molecule has 0 spiro atoms. The number of pyridine rings is 2. The largest absolute Gasteiger partial charge is 0.417 e. The first kappa shape index (κ1) is 19.3. The Hall–Kier alpha value is -2.98. The summed E-state index contributed by atoms with van der Waals surface area (Å²) >= 11 is 2.11. The highest BCUT2D eigenvalue weighted by Gasteiger charge is 2.36. The first-order valence-electron chi connectivity index (χ1n) is 8.33. The van der Waals surface area contributed by atoms with E-state index in [0.29, 0.717) is 10.6 Å². The van der Waals surface area contributed by atoms with Gasteiger partial charge >= 0.3 is 6.18 Å². The van der Waals surface area contributed by atoms with Crippen molar-refractivity contribution in [2.24, 2.45) is 0 Å². The molecule has 4 aromatic rings. The van der Waals surface area contributed by atoms with Crippen molar-refractivity contribution in [1.82, 2.24) is 9.97 Å². The van der Waals surface area contributed by atoms with Crippen LogP contribution < -0.4 is 11.1 Å². The zero-order chi connectivity index (χ0) is 20.8. The van der Waals surface area contributed by atoms with E-state index in [0.717, 1.165) is 17.4 Å². The highest BCUT2D eigenvalue weighted by molar-refractivity contribution is 7.21. The van der Waals surface area contributed by atoms with Gasteiger partial charge in [0.15, 0.2) is 0 Å². The number of carbonyl (C=O) groups is 1. The second-order valence-electron chi connectivity index (χ2n) is 6.17. The molecule has 4 rings (SSSR count). The van der Waals surface area contributed by atoms with E-state index in [1.54, 1.807) is 42.6 Å². The molecule has 0 radical (unpaired) electrons. The van der Waals surface area contributed by atoms with E-state index >= 15 is 0 Å². The molecule has 0 fully saturated rings. The lowest BCUT2D eigenvalue weighted by Gasteiger charge is -2.10. The molecule has 3 N–H and O–H groups in total. The van der Waals surface area contributed by atoms with Crippen molar-refractivity contribution < 1.29 is 18.0 Å². The molecule has 0 atom stereocenters. The minimum atomic E-state index is -4.64. The van der Waals surface area contributed by atoms with Gasteiger partial charge < -0.3 is 11.1 Å². The van der Waals surface area contributed by atoms with Crippen LogP contribution >= 0.6 is 22.7 Å². The number of nitrogens with zero attached hydrogens (tertiary/aromatic N) is 2. The van der Waals surface area contributed by atoms with Crippen LogP contribution in [0.5, 0.6) is 0 Å². The Bertz CT molecular complexity index is 1220. The summed E-state index contributed by atoms with van der Waals surface area (Å²) in [7, 11) is 0. The number of carbonyl (C=O) groups excluding carboxylic acids is 1. The molecular formula is C19H13F3N4OS2. The van der Waals surface area contributed by atoms with Crippen LogP contribution in [0.2, 0.25) is 0 Å². The van der Waals surface area contributed by atoms with Crippen molar-refractivity contribution in [3.8, 4) is 10.6 Å². The number of thiophene rings is 2. The molecule has 4 aromatic heterocycles. The minimum Gasteiger partial charge on any atom is -0.397 e. The number of nitrogens with one attached hydrogen (secondary N) is 1. The number of aromatic nitrogens is 2. The first-order valence-corrected chi connectivity index (χ1v) is 10.0. The molecule has 0 bridgehead atoms. The van der Waals surface area contributed by atoms with Gasteiger partial charge in [-0.25, -0.2) is 9.97 Å². The molecule has 0 aliphatic carbocycles. The van der Waals surface area contributed by atoms with Crippen LogP contribution in [-0.2, 0) is 6.18 Å². The fourth-order valence-electron chi connectivity index (χ4n) is 2.85. The van der Waals surface area contributed by atoms with Crippen LogP contribution in [-0.4, -0.2) is 15.9 Å². The molecular weight excluding hydrogens is 421 g/mol. The van der Waals surface area contributed by atoms with Crippen molar-refractivity contribution in [1.29, 1.82) is 0 Å². The Labute approximate surface area is 171 Å². The van der Waals surface area contributed by atoms with Gasteiger partial charge in [-0.05, 0) is 36.6 Å². The van der Waals surface area contributed by atoms with Gasteiger partial charge in [0.05, 0.1) is 21.8 Å². The zero-order valence-electron chi connectivity index (χ0n) is 14.9. The summed E-state index contributed by atoms with van der Waals surface area (Å²) < 4.78 is 41.2. The van der Waals surface area contributed by atoms with E-state index in [1.165, 1.54) is 11.3 Å². The van der Waals surface area contributed by atoms with Crippen LogP contribution in [0.4, 0.5) is 24.7 Å². The first-order chi connectivity index (χ1) is 13.7. The third-order valence-electron chi connectivity index (χ3n) is 4.11. The number of fused-ring (bicyclic) bond motifs is 1. The van der Waals surface area contributed by atoms with Crippen LogP contribution in [0.25, 0.3) is 20.8 Å². The number of nitrogen functional groups attached to an aromatic ring is 1. The summed E-state index contributed by atoms with van der Waals surface area (Å²) in [6.07, 6.45) is -4.64. The summed E-state index contributed by atoms with van der Waals surface area (Å²) in [5, 5.41) is 4.07. The van der Waals surface area contributed by atoms with Crippen molar-refractivity contribution in [2.45, 2.75) is 13.1 Å². The summed E-state index contributed by atoms with van der Waals surface area (Å²) in [5.41, 5.74) is 5.71. The summed E-state index contributed by atoms with van der Waals surface area (Å²) in [5.74, 6) is -0.343. The van der Waals surface area contributed by atoms with E-state index in [4.69, 9.17) is 5.73 Å². The van der Waals surface area contributed by atoms with Crippen LogP contribution in [0.15, 0.2) is 41.8 Å². The van der Waals surface area contributed by atoms with Gasteiger partial charge in [-0.15, -0.1) is 22.7 Å². The molecule has 4 heterocycles. The monoisotopic (exact) mass is 434 g/mol. The number of alkyl halides is 3. The number of aryl methyl sites for hydroxylation is 1. The number of amides is 1. The van der Waals surface area contributed by atoms with Gasteiger partial charge in [0, 0.05) is 11.1 Å². The van der Waals surface area contributed by atoms with Gasteiger partial charge in [-0.1, -0.05) is 12.1 Å². The highest BCUT2D eigenvalue weighted by Crippen LogP contribution is 2.44. The molecule has 5 nitrogen and oxygen atoms in total. The Balaban J connectivity index is 1.84. The summed E-state index contributed by atoms with van der Waals surface area (Å²) in [6, 6.07) is 9.45. The van der Waals surface area contributed by atoms with Crippen LogP contribution in [0.3, 0.4) is 0 Å². The standard InChI is InChI=1S/C19H13F3N4OS2/c1-9-4-2-6-13(24-9)26-17(27)16-15(23)14-10(19(20,21)22)8-11(25-18(14)29-16)12-5-3-7-28-12/h2-8H,23H2,1H3,(H,24,26,27). The number of nitrogens with two attached hydrogens (primary N) is 1. The van der Waals surface area contributed by atoms with Crippen molar-refractivity contribution in [2.75, 3.05) is 11.1 Å². The van der Waals surface area contributed by atoms with E-state index in [-0.39, 0.29) is 32.3 Å². The van der Waals surface area contributed by atoms with E-state index in [2.05, 4.69) is 15.3 Å². The van der Waals surface area contributed by atoms with Crippen molar-refractivity contribution >= 4 is 50.3 Å². The summed E-state index contributed by atoms with van der Waals surface area (Å²) in [6.45, 7) is 1.76. The fourth-order valence-corrected chi connectivity index (χ4v) is 4.55. The molecule has 0 aromatic carbocycles. The van der Waals surface area contributed by atoms with Crippen molar-refractivity contribution in [3.63, 3.8) is 0 Å². The number of anilines is 2.